The molecule has 1 amide bonds. The summed E-state index contributed by atoms with van der Waals surface area (Å²) < 4.78 is 0. The van der Waals surface area contributed by atoms with E-state index < -0.39 is 0 Å². The van der Waals surface area contributed by atoms with Gasteiger partial charge in [-0.3, -0.25) is 14.6 Å². The highest BCUT2D eigenvalue weighted by atomic mass is 35.5. The average Bonchev–Trinajstić information content (AvgIpc) is 2.94. The molecule has 3 heterocycles. The molecule has 1 atom stereocenters. The number of piperidine rings is 2. The van der Waals surface area contributed by atoms with E-state index >= 15 is 0 Å². The van der Waals surface area contributed by atoms with Crippen LogP contribution in [0, 0.1) is 0 Å². The summed E-state index contributed by atoms with van der Waals surface area (Å²) in [5.74, 6) is 0.436. The smallest absolute Gasteiger partial charge is 0.255 e. The number of H-pyrrole nitrogens is 1. The van der Waals surface area contributed by atoms with Gasteiger partial charge in [0.2, 0.25) is 11.9 Å². The number of nitrogens with zero attached hydrogens (tertiary/aromatic N) is 2. The number of rotatable bonds is 1. The molecule has 26 heavy (non-hydrogen) atoms. The van der Waals surface area contributed by atoms with E-state index in [-0.39, 0.29) is 53.7 Å². The molecule has 0 radical (unpaired) electrons. The van der Waals surface area contributed by atoms with Gasteiger partial charge < -0.3 is 16.0 Å². The molecule has 4 N–H and O–H groups in total. The van der Waals surface area contributed by atoms with Gasteiger partial charge in [0.1, 0.15) is 0 Å². The SMILES string of the molecule is Cl.Cl.Nc1nc2c(c(=O)[nH]1)CCC21CCN(C(=O)C2CCCCN2)CC1. The minimum absolute atomic E-state index is 0. The van der Waals surface area contributed by atoms with E-state index in [0.717, 1.165) is 75.8 Å². The molecule has 0 bridgehead atoms. The zero-order valence-electron chi connectivity index (χ0n) is 14.8. The number of aromatic amines is 1. The van der Waals surface area contributed by atoms with Crippen LogP contribution in [-0.4, -0.2) is 46.5 Å². The number of nitrogen functional groups attached to an aromatic ring is 1. The molecule has 1 aliphatic carbocycles. The summed E-state index contributed by atoms with van der Waals surface area (Å²) in [6, 6.07) is -0.0136. The lowest BCUT2D eigenvalue weighted by molar-refractivity contribution is -0.135. The third-order valence-electron chi connectivity index (χ3n) is 6.03. The highest BCUT2D eigenvalue weighted by Gasteiger charge is 2.45. The predicted octanol–water partition coefficient (Wildman–Crippen LogP) is 1.14. The number of amides is 1. The zero-order valence-corrected chi connectivity index (χ0v) is 16.4. The fourth-order valence-electron chi connectivity index (χ4n) is 4.59. The van der Waals surface area contributed by atoms with E-state index in [1.165, 1.54) is 0 Å². The molecule has 0 saturated carbocycles. The summed E-state index contributed by atoms with van der Waals surface area (Å²) in [4.78, 5) is 33.8. The number of hydrogen-bond acceptors (Lipinski definition) is 5. The Morgan fingerprint density at radius 3 is 2.58 bits per heavy atom. The van der Waals surface area contributed by atoms with E-state index in [1.807, 2.05) is 4.90 Å². The van der Waals surface area contributed by atoms with Crippen molar-refractivity contribution in [2.45, 2.75) is 56.4 Å². The molecule has 9 heteroatoms. The lowest BCUT2D eigenvalue weighted by Crippen LogP contribution is -2.52. The number of likely N-dealkylation sites (tertiary alicyclic amines) is 1. The third-order valence-corrected chi connectivity index (χ3v) is 6.03. The van der Waals surface area contributed by atoms with Gasteiger partial charge in [-0.2, -0.15) is 0 Å². The van der Waals surface area contributed by atoms with Gasteiger partial charge in [-0.1, -0.05) is 6.42 Å². The fraction of sp³-hybridized carbons (Fsp3) is 0.706. The number of halogens is 2. The number of nitrogens with two attached hydrogens (primary N) is 1. The fourth-order valence-corrected chi connectivity index (χ4v) is 4.59. The molecule has 1 unspecified atom stereocenters. The number of hydrogen-bond donors (Lipinski definition) is 3. The standard InChI is InChI=1S/C17H25N5O2.2ClH/c18-16-20-13-11(14(23)21-16)4-5-17(13)6-9-22(10-7-17)15(24)12-3-1-2-8-19-12;;/h12,19H,1-10H2,(H3,18,20,21,23);2*1H. The molecule has 1 aromatic heterocycles. The molecule has 1 spiro atoms. The van der Waals surface area contributed by atoms with Crippen molar-refractivity contribution in [3.8, 4) is 0 Å². The van der Waals surface area contributed by atoms with E-state index in [4.69, 9.17) is 5.73 Å². The molecule has 2 fully saturated rings. The summed E-state index contributed by atoms with van der Waals surface area (Å²) in [5, 5.41) is 3.34. The molecule has 7 nitrogen and oxygen atoms in total. The van der Waals surface area contributed by atoms with Crippen LogP contribution in [-0.2, 0) is 16.6 Å². The van der Waals surface area contributed by atoms with Crippen LogP contribution < -0.4 is 16.6 Å². The molecular weight excluding hydrogens is 377 g/mol. The Labute approximate surface area is 165 Å². The maximum absolute atomic E-state index is 12.7. The van der Waals surface area contributed by atoms with Crippen LogP contribution in [0.4, 0.5) is 5.95 Å². The first-order valence-corrected chi connectivity index (χ1v) is 9.00. The Morgan fingerprint density at radius 1 is 1.19 bits per heavy atom. The number of nitrogens with one attached hydrogen (secondary N) is 2. The normalized spacial score (nSPS) is 23.7. The molecule has 2 aliphatic heterocycles. The predicted molar refractivity (Wildman–Crippen MR) is 105 cm³/mol. The summed E-state index contributed by atoms with van der Waals surface area (Å²) >= 11 is 0. The van der Waals surface area contributed by atoms with Gasteiger partial charge in [-0.15, -0.1) is 24.8 Å². The summed E-state index contributed by atoms with van der Waals surface area (Å²) in [6.45, 7) is 2.42. The van der Waals surface area contributed by atoms with Gasteiger partial charge in [0.15, 0.2) is 0 Å². The van der Waals surface area contributed by atoms with Crippen molar-refractivity contribution >= 4 is 36.7 Å². The first-order chi connectivity index (χ1) is 11.6. The van der Waals surface area contributed by atoms with Crippen LogP contribution in [0.25, 0.3) is 0 Å². The average molecular weight is 404 g/mol. The molecule has 1 aromatic rings. The topological polar surface area (TPSA) is 104 Å². The molecular formula is C17H27Cl2N5O2. The van der Waals surface area contributed by atoms with Crippen LogP contribution in [0.15, 0.2) is 4.79 Å². The van der Waals surface area contributed by atoms with E-state index in [9.17, 15) is 9.59 Å². The maximum Gasteiger partial charge on any atom is 0.255 e. The van der Waals surface area contributed by atoms with Gasteiger partial charge in [0, 0.05) is 24.1 Å². The molecule has 4 rings (SSSR count). The second kappa shape index (κ2) is 8.15. The quantitative estimate of drug-likeness (QED) is 0.651. The monoisotopic (exact) mass is 403 g/mol. The van der Waals surface area contributed by atoms with Crippen LogP contribution in [0.5, 0.6) is 0 Å². The number of carbonyl (C=O) groups is 1. The van der Waals surface area contributed by atoms with Gasteiger partial charge >= 0.3 is 0 Å². The number of carbonyl (C=O) groups excluding carboxylic acids is 1. The van der Waals surface area contributed by atoms with Crippen molar-refractivity contribution in [1.82, 2.24) is 20.2 Å². The lowest BCUT2D eigenvalue weighted by Gasteiger charge is -2.41. The summed E-state index contributed by atoms with van der Waals surface area (Å²) in [6.07, 6.45) is 6.66. The zero-order chi connectivity index (χ0) is 16.7. The minimum atomic E-state index is -0.0979. The third kappa shape index (κ3) is 3.57. The van der Waals surface area contributed by atoms with Crippen molar-refractivity contribution in [3.05, 3.63) is 21.6 Å². The Hall–Kier alpha value is -1.31. The van der Waals surface area contributed by atoms with Crippen molar-refractivity contribution < 1.29 is 4.79 Å². The Kier molecular flexibility index (Phi) is 6.58. The van der Waals surface area contributed by atoms with E-state index in [0.29, 0.717) is 0 Å². The molecule has 0 aromatic carbocycles. The van der Waals surface area contributed by atoms with Crippen molar-refractivity contribution in [1.29, 1.82) is 0 Å². The first kappa shape index (κ1) is 21.0. The number of fused-ring (bicyclic) bond motifs is 2. The molecule has 3 aliphatic rings. The Balaban J connectivity index is 0.00000121. The minimum Gasteiger partial charge on any atom is -0.369 e. The second-order valence-electron chi connectivity index (χ2n) is 7.39. The lowest BCUT2D eigenvalue weighted by atomic mass is 9.76. The van der Waals surface area contributed by atoms with Crippen molar-refractivity contribution in [2.24, 2.45) is 0 Å². The van der Waals surface area contributed by atoms with Gasteiger partial charge in [0.25, 0.3) is 5.56 Å². The van der Waals surface area contributed by atoms with Crippen LogP contribution in [0.3, 0.4) is 0 Å². The van der Waals surface area contributed by atoms with Crippen LogP contribution in [0.1, 0.15) is 49.8 Å². The Bertz CT molecular complexity index is 710. The largest absolute Gasteiger partial charge is 0.369 e. The Morgan fingerprint density at radius 2 is 1.92 bits per heavy atom. The number of anilines is 1. The first-order valence-electron chi connectivity index (χ1n) is 9.00. The van der Waals surface area contributed by atoms with Gasteiger partial charge in [-0.25, -0.2) is 4.98 Å². The van der Waals surface area contributed by atoms with Crippen LogP contribution in [0.2, 0.25) is 0 Å². The number of aromatic nitrogens is 2. The highest BCUT2D eigenvalue weighted by molar-refractivity contribution is 5.85. The van der Waals surface area contributed by atoms with E-state index in [2.05, 4.69) is 15.3 Å². The molecule has 146 valence electrons. The van der Waals surface area contributed by atoms with Crippen molar-refractivity contribution in [3.63, 3.8) is 0 Å². The van der Waals surface area contributed by atoms with Crippen LogP contribution >= 0.6 is 24.8 Å². The second-order valence-corrected chi connectivity index (χ2v) is 7.39. The summed E-state index contributed by atoms with van der Waals surface area (Å²) in [7, 11) is 0. The van der Waals surface area contributed by atoms with Gasteiger partial charge in [-0.05, 0) is 45.1 Å². The highest BCUT2D eigenvalue weighted by Crippen LogP contribution is 2.44. The molecule has 2 saturated heterocycles. The summed E-state index contributed by atoms with van der Waals surface area (Å²) in [5.41, 5.74) is 7.25. The van der Waals surface area contributed by atoms with Crippen molar-refractivity contribution in [2.75, 3.05) is 25.4 Å². The van der Waals surface area contributed by atoms with E-state index in [1.54, 1.807) is 0 Å². The van der Waals surface area contributed by atoms with Gasteiger partial charge in [0.05, 0.1) is 11.7 Å². The maximum atomic E-state index is 12.7.